The molecule has 2 aromatic rings. The van der Waals surface area contributed by atoms with Crippen molar-refractivity contribution in [3.05, 3.63) is 53.6 Å². The van der Waals surface area contributed by atoms with E-state index in [0.717, 1.165) is 18.2 Å². The average molecular weight is 418 g/mol. The van der Waals surface area contributed by atoms with E-state index in [2.05, 4.69) is 0 Å². The Morgan fingerprint density at radius 2 is 1.63 bits per heavy atom. The molecule has 160 valence electrons. The molecule has 0 unspecified atom stereocenters. The SMILES string of the molecule is C[C@@H]1O[C@H](Oc2cc(O)cc(O)c2C(=O)/C=C/c2ccc(O)cc2)[C@@H](O)[C@H](O)[C@@H]1O. The lowest BCUT2D eigenvalue weighted by Gasteiger charge is -2.39. The quantitative estimate of drug-likeness (QED) is 0.307. The van der Waals surface area contributed by atoms with Crippen LogP contribution in [-0.4, -0.2) is 67.1 Å². The Balaban J connectivity index is 1.88. The van der Waals surface area contributed by atoms with Crippen LogP contribution in [0.15, 0.2) is 42.5 Å². The third-order valence-corrected chi connectivity index (χ3v) is 4.68. The first-order chi connectivity index (χ1) is 14.2. The summed E-state index contributed by atoms with van der Waals surface area (Å²) in [5, 5.41) is 59.1. The molecule has 0 radical (unpaired) electrons. The Kier molecular flexibility index (Phi) is 6.28. The number of aliphatic hydroxyl groups is 3. The van der Waals surface area contributed by atoms with Gasteiger partial charge in [0.05, 0.1) is 6.10 Å². The van der Waals surface area contributed by atoms with Crippen molar-refractivity contribution in [2.45, 2.75) is 37.6 Å². The van der Waals surface area contributed by atoms with E-state index in [0.29, 0.717) is 5.56 Å². The number of benzene rings is 2. The van der Waals surface area contributed by atoms with E-state index in [-0.39, 0.29) is 17.1 Å². The molecule has 0 bridgehead atoms. The first-order valence-corrected chi connectivity index (χ1v) is 9.11. The molecule has 9 heteroatoms. The van der Waals surface area contributed by atoms with E-state index >= 15 is 0 Å². The summed E-state index contributed by atoms with van der Waals surface area (Å²) in [5.74, 6) is -1.86. The van der Waals surface area contributed by atoms with Crippen molar-refractivity contribution >= 4 is 11.9 Å². The van der Waals surface area contributed by atoms with Crippen molar-refractivity contribution in [1.29, 1.82) is 0 Å². The van der Waals surface area contributed by atoms with Crippen LogP contribution in [0.2, 0.25) is 0 Å². The third-order valence-electron chi connectivity index (χ3n) is 4.68. The predicted molar refractivity (Wildman–Crippen MR) is 104 cm³/mol. The van der Waals surface area contributed by atoms with Gasteiger partial charge in [-0.15, -0.1) is 0 Å². The van der Waals surface area contributed by atoms with Crippen LogP contribution >= 0.6 is 0 Å². The summed E-state index contributed by atoms with van der Waals surface area (Å²) in [6.07, 6.45) is -4.28. The van der Waals surface area contributed by atoms with E-state index in [4.69, 9.17) is 9.47 Å². The van der Waals surface area contributed by atoms with Gasteiger partial charge in [0.15, 0.2) is 5.78 Å². The summed E-state index contributed by atoms with van der Waals surface area (Å²) in [6, 6.07) is 8.05. The second-order valence-corrected chi connectivity index (χ2v) is 6.93. The van der Waals surface area contributed by atoms with Gasteiger partial charge in [0.2, 0.25) is 6.29 Å². The fraction of sp³-hybridized carbons (Fsp3) is 0.286. The topological polar surface area (TPSA) is 157 Å². The van der Waals surface area contributed by atoms with Crippen LogP contribution in [0.4, 0.5) is 0 Å². The molecule has 1 aliphatic heterocycles. The number of carbonyl (C=O) groups excluding carboxylic acids is 1. The number of ketones is 1. The summed E-state index contributed by atoms with van der Waals surface area (Å²) in [4.78, 5) is 12.7. The minimum absolute atomic E-state index is 0.0675. The fourth-order valence-corrected chi connectivity index (χ4v) is 3.00. The highest BCUT2D eigenvalue weighted by atomic mass is 16.7. The lowest BCUT2D eigenvalue weighted by molar-refractivity contribution is -0.268. The van der Waals surface area contributed by atoms with Crippen molar-refractivity contribution in [3.8, 4) is 23.0 Å². The molecule has 2 aromatic carbocycles. The van der Waals surface area contributed by atoms with Crippen LogP contribution in [0.5, 0.6) is 23.0 Å². The number of rotatable bonds is 5. The Morgan fingerprint density at radius 3 is 2.30 bits per heavy atom. The van der Waals surface area contributed by atoms with Crippen molar-refractivity contribution in [2.24, 2.45) is 0 Å². The van der Waals surface area contributed by atoms with Gasteiger partial charge >= 0.3 is 0 Å². The molecule has 0 aliphatic carbocycles. The standard InChI is InChI=1S/C21H22O9/c1-10-18(26)19(27)20(28)21(29-10)30-16-9-13(23)8-15(25)17(16)14(24)7-4-11-2-5-12(22)6-3-11/h2-10,18-23,25-28H,1H3/b7-4+/t10-,18+,19+,20-,21+/m0/s1. The van der Waals surface area contributed by atoms with Crippen LogP contribution in [0.25, 0.3) is 6.08 Å². The number of aromatic hydroxyl groups is 3. The Labute approximate surface area is 171 Å². The molecule has 0 aromatic heterocycles. The maximum Gasteiger partial charge on any atom is 0.229 e. The number of aliphatic hydroxyl groups excluding tert-OH is 3. The molecule has 1 fully saturated rings. The number of phenolic OH excluding ortho intramolecular Hbond substituents is 3. The van der Waals surface area contributed by atoms with Crippen molar-refractivity contribution in [1.82, 2.24) is 0 Å². The lowest BCUT2D eigenvalue weighted by Crippen LogP contribution is -2.58. The number of hydrogen-bond donors (Lipinski definition) is 6. The van der Waals surface area contributed by atoms with Crippen LogP contribution in [0.1, 0.15) is 22.8 Å². The molecule has 0 amide bonds. The molecular weight excluding hydrogens is 396 g/mol. The molecule has 5 atom stereocenters. The highest BCUT2D eigenvalue weighted by Crippen LogP contribution is 2.35. The molecule has 1 saturated heterocycles. The zero-order chi connectivity index (χ0) is 22.0. The van der Waals surface area contributed by atoms with Gasteiger partial charge in [0.25, 0.3) is 0 Å². The minimum atomic E-state index is -1.64. The van der Waals surface area contributed by atoms with Gasteiger partial charge in [0, 0.05) is 12.1 Å². The van der Waals surface area contributed by atoms with E-state index in [1.165, 1.54) is 25.1 Å². The zero-order valence-corrected chi connectivity index (χ0v) is 15.9. The normalized spacial score (nSPS) is 26.6. The van der Waals surface area contributed by atoms with Crippen LogP contribution < -0.4 is 4.74 Å². The van der Waals surface area contributed by atoms with Gasteiger partial charge in [-0.2, -0.15) is 0 Å². The van der Waals surface area contributed by atoms with E-state index in [9.17, 15) is 35.4 Å². The number of phenols is 3. The van der Waals surface area contributed by atoms with Gasteiger partial charge in [0.1, 0.15) is 46.9 Å². The maximum absolute atomic E-state index is 12.7. The van der Waals surface area contributed by atoms with Gasteiger partial charge in [-0.3, -0.25) is 4.79 Å². The smallest absolute Gasteiger partial charge is 0.229 e. The summed E-state index contributed by atoms with van der Waals surface area (Å²) < 4.78 is 10.8. The summed E-state index contributed by atoms with van der Waals surface area (Å²) in [7, 11) is 0. The van der Waals surface area contributed by atoms with Gasteiger partial charge < -0.3 is 40.1 Å². The van der Waals surface area contributed by atoms with Crippen molar-refractivity contribution in [2.75, 3.05) is 0 Å². The predicted octanol–water partition coefficient (Wildman–Crippen LogP) is 0.906. The summed E-state index contributed by atoms with van der Waals surface area (Å²) in [5.41, 5.74) is 0.311. The average Bonchev–Trinajstić information content (AvgIpc) is 2.69. The molecule has 0 spiro atoms. The highest BCUT2D eigenvalue weighted by Gasteiger charge is 2.43. The van der Waals surface area contributed by atoms with Crippen LogP contribution in [0, 0.1) is 0 Å². The molecular formula is C21H22O9. The second-order valence-electron chi connectivity index (χ2n) is 6.93. The second kappa shape index (κ2) is 8.72. The van der Waals surface area contributed by atoms with Crippen molar-refractivity contribution in [3.63, 3.8) is 0 Å². The summed E-state index contributed by atoms with van der Waals surface area (Å²) >= 11 is 0. The zero-order valence-electron chi connectivity index (χ0n) is 15.9. The molecule has 9 nitrogen and oxygen atoms in total. The van der Waals surface area contributed by atoms with E-state index in [1.54, 1.807) is 12.1 Å². The largest absolute Gasteiger partial charge is 0.508 e. The van der Waals surface area contributed by atoms with E-state index < -0.39 is 48.0 Å². The number of hydrogen-bond acceptors (Lipinski definition) is 9. The number of ether oxygens (including phenoxy) is 2. The number of allylic oxidation sites excluding steroid dienone is 1. The first kappa shape index (κ1) is 21.6. The third kappa shape index (κ3) is 4.55. The molecule has 3 rings (SSSR count). The molecule has 6 N–H and O–H groups in total. The minimum Gasteiger partial charge on any atom is -0.508 e. The molecule has 1 aliphatic rings. The fourth-order valence-electron chi connectivity index (χ4n) is 3.00. The Bertz CT molecular complexity index is 938. The monoisotopic (exact) mass is 418 g/mol. The molecule has 1 heterocycles. The van der Waals surface area contributed by atoms with Gasteiger partial charge in [-0.25, -0.2) is 0 Å². The van der Waals surface area contributed by atoms with Crippen LogP contribution in [-0.2, 0) is 4.74 Å². The lowest BCUT2D eigenvalue weighted by atomic mass is 10.00. The van der Waals surface area contributed by atoms with E-state index in [1.807, 2.05) is 0 Å². The van der Waals surface area contributed by atoms with Crippen molar-refractivity contribution < 1.29 is 44.9 Å². The highest BCUT2D eigenvalue weighted by molar-refractivity contribution is 6.10. The molecule has 30 heavy (non-hydrogen) atoms. The van der Waals surface area contributed by atoms with Crippen LogP contribution in [0.3, 0.4) is 0 Å². The Hall–Kier alpha value is -3.11. The number of carbonyl (C=O) groups is 1. The summed E-state index contributed by atoms with van der Waals surface area (Å²) in [6.45, 7) is 1.46. The Morgan fingerprint density at radius 1 is 0.967 bits per heavy atom. The first-order valence-electron chi connectivity index (χ1n) is 9.11. The molecule has 0 saturated carbocycles. The van der Waals surface area contributed by atoms with Gasteiger partial charge in [-0.05, 0) is 30.7 Å². The van der Waals surface area contributed by atoms with Gasteiger partial charge in [-0.1, -0.05) is 18.2 Å². The maximum atomic E-state index is 12.7.